The lowest BCUT2D eigenvalue weighted by molar-refractivity contribution is -0.140. The molecule has 4 nitrogen and oxygen atoms in total. The lowest BCUT2D eigenvalue weighted by Crippen LogP contribution is -2.25. The molecule has 4 heteroatoms. The van der Waals surface area contributed by atoms with Crippen molar-refractivity contribution in [1.82, 2.24) is 0 Å². The van der Waals surface area contributed by atoms with Crippen LogP contribution in [0.5, 0.6) is 0 Å². The van der Waals surface area contributed by atoms with Crippen molar-refractivity contribution in [3.63, 3.8) is 0 Å². The number of carbonyl (C=O) groups excluding carboxylic acids is 1. The summed E-state index contributed by atoms with van der Waals surface area (Å²) in [6.07, 6.45) is 13.1. The molecule has 0 saturated carbocycles. The van der Waals surface area contributed by atoms with Crippen LogP contribution in [-0.4, -0.2) is 35.5 Å². The van der Waals surface area contributed by atoms with Crippen LogP contribution < -0.4 is 0 Å². The summed E-state index contributed by atoms with van der Waals surface area (Å²) >= 11 is 0. The number of hydrogen-bond acceptors (Lipinski definition) is 4. The maximum absolute atomic E-state index is 11.0. The van der Waals surface area contributed by atoms with Crippen LogP contribution in [0, 0.1) is 0 Å². The van der Waals surface area contributed by atoms with Gasteiger partial charge in [-0.1, -0.05) is 71.1 Å². The molecule has 138 valence electrons. The smallest absolute Gasteiger partial charge is 0.305 e. The van der Waals surface area contributed by atoms with Crippen molar-refractivity contribution in [3.05, 3.63) is 0 Å². The van der Waals surface area contributed by atoms with Gasteiger partial charge in [-0.15, -0.1) is 0 Å². The molecule has 0 spiro atoms. The molecule has 0 aliphatic heterocycles. The summed E-state index contributed by atoms with van der Waals surface area (Å²) in [5, 5.41) is 19.8. The number of aliphatic hydroxyl groups is 2. The van der Waals surface area contributed by atoms with Gasteiger partial charge in [-0.25, -0.2) is 0 Å². The number of aliphatic hydroxyl groups excluding tert-OH is 2. The van der Waals surface area contributed by atoms with E-state index in [2.05, 4.69) is 11.7 Å². The zero-order valence-corrected chi connectivity index (χ0v) is 15.3. The Morgan fingerprint density at radius 1 is 0.783 bits per heavy atom. The average Bonchev–Trinajstić information content (AvgIpc) is 2.56. The predicted octanol–water partition coefficient (Wildman–Crippen LogP) is 4.36. The Labute approximate surface area is 142 Å². The second kappa shape index (κ2) is 16.3. The van der Waals surface area contributed by atoms with Gasteiger partial charge in [-0.3, -0.25) is 4.79 Å². The van der Waals surface area contributed by atoms with E-state index in [9.17, 15) is 15.0 Å². The Hall–Kier alpha value is -0.610. The third-order valence-electron chi connectivity index (χ3n) is 4.41. The number of esters is 1. The number of unbranched alkanes of at least 4 members (excludes halogenated alkanes) is 9. The number of hydrogen-bond donors (Lipinski definition) is 2. The van der Waals surface area contributed by atoms with Gasteiger partial charge in [-0.05, 0) is 19.3 Å². The fourth-order valence-corrected chi connectivity index (χ4v) is 2.77. The summed E-state index contributed by atoms with van der Waals surface area (Å²) < 4.78 is 4.57. The van der Waals surface area contributed by atoms with E-state index >= 15 is 0 Å². The van der Waals surface area contributed by atoms with Gasteiger partial charge in [0.1, 0.15) is 0 Å². The van der Waals surface area contributed by atoms with Crippen molar-refractivity contribution in [2.45, 2.75) is 109 Å². The molecule has 0 aromatic carbocycles. The van der Waals surface area contributed by atoms with Crippen LogP contribution in [0.25, 0.3) is 0 Å². The predicted molar refractivity (Wildman–Crippen MR) is 94.3 cm³/mol. The molecule has 0 unspecified atom stereocenters. The van der Waals surface area contributed by atoms with E-state index in [4.69, 9.17) is 0 Å². The van der Waals surface area contributed by atoms with Gasteiger partial charge in [0.15, 0.2) is 0 Å². The van der Waals surface area contributed by atoms with Crippen molar-refractivity contribution in [2.75, 3.05) is 7.11 Å². The fraction of sp³-hybridized carbons (Fsp3) is 0.947. The minimum atomic E-state index is -0.665. The molecule has 23 heavy (non-hydrogen) atoms. The van der Waals surface area contributed by atoms with Gasteiger partial charge in [0, 0.05) is 6.42 Å². The standard InChI is InChI=1S/C19H38O4/c1-3-4-5-6-7-8-9-10-11-14-17(20)18(21)15-12-13-16-19(22)23-2/h17-18,20-21H,3-16H2,1-2H3/t17-,18+/m0/s1. The summed E-state index contributed by atoms with van der Waals surface area (Å²) in [5.41, 5.74) is 0. The Balaban J connectivity index is 3.40. The number of ether oxygens (including phenoxy) is 1. The van der Waals surface area contributed by atoms with Gasteiger partial charge in [0.2, 0.25) is 0 Å². The highest BCUT2D eigenvalue weighted by atomic mass is 16.5. The van der Waals surface area contributed by atoms with Crippen molar-refractivity contribution >= 4 is 5.97 Å². The fourth-order valence-electron chi connectivity index (χ4n) is 2.77. The van der Waals surface area contributed by atoms with Crippen LogP contribution >= 0.6 is 0 Å². The van der Waals surface area contributed by atoms with Gasteiger partial charge in [0.05, 0.1) is 19.3 Å². The minimum Gasteiger partial charge on any atom is -0.469 e. The summed E-state index contributed by atoms with van der Waals surface area (Å²) in [5.74, 6) is -0.213. The van der Waals surface area contributed by atoms with E-state index in [1.807, 2.05) is 0 Å². The summed E-state index contributed by atoms with van der Waals surface area (Å²) in [6.45, 7) is 2.23. The maximum atomic E-state index is 11.0. The molecule has 0 heterocycles. The van der Waals surface area contributed by atoms with Crippen molar-refractivity contribution in [3.8, 4) is 0 Å². The van der Waals surface area contributed by atoms with Crippen molar-refractivity contribution in [2.24, 2.45) is 0 Å². The third-order valence-corrected chi connectivity index (χ3v) is 4.41. The van der Waals surface area contributed by atoms with Crippen LogP contribution in [0.1, 0.15) is 96.8 Å². The van der Waals surface area contributed by atoms with Crippen molar-refractivity contribution < 1.29 is 19.7 Å². The molecular weight excluding hydrogens is 292 g/mol. The second-order valence-electron chi connectivity index (χ2n) is 6.57. The monoisotopic (exact) mass is 330 g/mol. The molecular formula is C19H38O4. The third kappa shape index (κ3) is 14.7. The Bertz CT molecular complexity index is 268. The minimum absolute atomic E-state index is 0.213. The molecule has 0 amide bonds. The number of rotatable bonds is 16. The first-order chi connectivity index (χ1) is 11.1. The van der Waals surface area contributed by atoms with E-state index < -0.39 is 12.2 Å². The molecule has 2 N–H and O–H groups in total. The molecule has 0 aliphatic rings. The van der Waals surface area contributed by atoms with E-state index in [-0.39, 0.29) is 5.97 Å². The molecule has 0 aromatic heterocycles. The molecule has 2 atom stereocenters. The van der Waals surface area contributed by atoms with Gasteiger partial charge in [-0.2, -0.15) is 0 Å². The number of methoxy groups -OCH3 is 1. The van der Waals surface area contributed by atoms with E-state index in [1.165, 1.54) is 52.1 Å². The lowest BCUT2D eigenvalue weighted by Gasteiger charge is -2.17. The summed E-state index contributed by atoms with van der Waals surface area (Å²) in [4.78, 5) is 11.0. The summed E-state index contributed by atoms with van der Waals surface area (Å²) in [7, 11) is 1.38. The maximum Gasteiger partial charge on any atom is 0.305 e. The highest BCUT2D eigenvalue weighted by molar-refractivity contribution is 5.68. The van der Waals surface area contributed by atoms with E-state index in [0.29, 0.717) is 25.7 Å². The molecule has 0 rings (SSSR count). The largest absolute Gasteiger partial charge is 0.469 e. The van der Waals surface area contributed by atoms with Crippen LogP contribution in [-0.2, 0) is 9.53 Å². The summed E-state index contributed by atoms with van der Waals surface area (Å²) in [6, 6.07) is 0. The zero-order valence-electron chi connectivity index (χ0n) is 15.3. The molecule has 0 bridgehead atoms. The first-order valence-corrected chi connectivity index (χ1v) is 9.54. The highest BCUT2D eigenvalue weighted by Crippen LogP contribution is 2.15. The molecule has 0 fully saturated rings. The van der Waals surface area contributed by atoms with E-state index in [1.54, 1.807) is 0 Å². The highest BCUT2D eigenvalue weighted by Gasteiger charge is 2.15. The zero-order chi connectivity index (χ0) is 17.3. The van der Waals surface area contributed by atoms with Gasteiger partial charge < -0.3 is 14.9 Å². The molecule has 0 saturated heterocycles. The quantitative estimate of drug-likeness (QED) is 0.326. The van der Waals surface area contributed by atoms with Gasteiger partial charge >= 0.3 is 5.97 Å². The van der Waals surface area contributed by atoms with E-state index in [0.717, 1.165) is 19.3 Å². The average molecular weight is 331 g/mol. The van der Waals surface area contributed by atoms with Crippen LogP contribution in [0.3, 0.4) is 0 Å². The Kier molecular flexibility index (Phi) is 15.8. The second-order valence-corrected chi connectivity index (χ2v) is 6.57. The SMILES string of the molecule is CCCCCCCCCCC[C@H](O)[C@H](O)CCCCC(=O)OC. The number of carbonyl (C=O) groups is 1. The van der Waals surface area contributed by atoms with Crippen LogP contribution in [0.2, 0.25) is 0 Å². The van der Waals surface area contributed by atoms with Crippen LogP contribution in [0.4, 0.5) is 0 Å². The first-order valence-electron chi connectivity index (χ1n) is 9.54. The Morgan fingerprint density at radius 3 is 1.70 bits per heavy atom. The van der Waals surface area contributed by atoms with Gasteiger partial charge in [0.25, 0.3) is 0 Å². The first kappa shape index (κ1) is 22.4. The molecule has 0 radical (unpaired) electrons. The molecule has 0 aliphatic carbocycles. The lowest BCUT2D eigenvalue weighted by atomic mass is 10.00. The normalized spacial score (nSPS) is 13.7. The topological polar surface area (TPSA) is 66.8 Å². The Morgan fingerprint density at radius 2 is 1.22 bits per heavy atom. The van der Waals surface area contributed by atoms with Crippen molar-refractivity contribution in [1.29, 1.82) is 0 Å². The van der Waals surface area contributed by atoms with Crippen LogP contribution in [0.15, 0.2) is 0 Å². The molecule has 0 aromatic rings.